The van der Waals surface area contributed by atoms with Crippen molar-refractivity contribution in [2.75, 3.05) is 9.80 Å². The van der Waals surface area contributed by atoms with Crippen molar-refractivity contribution < 1.29 is 0 Å². The molecular weight excluding hydrogens is 761 g/mol. The van der Waals surface area contributed by atoms with E-state index in [1.165, 1.54) is 67.0 Å². The maximum absolute atomic E-state index is 2.51. The van der Waals surface area contributed by atoms with Gasteiger partial charge in [0.15, 0.2) is 0 Å². The third kappa shape index (κ3) is 5.80. The van der Waals surface area contributed by atoms with Gasteiger partial charge in [-0.15, -0.1) is 0 Å². The van der Waals surface area contributed by atoms with Crippen LogP contribution in [-0.2, 0) is 5.41 Å². The van der Waals surface area contributed by atoms with Gasteiger partial charge in [-0.3, -0.25) is 0 Å². The molecule has 63 heavy (non-hydrogen) atoms. The largest absolute Gasteiger partial charge is 0.310 e. The fourth-order valence-corrected chi connectivity index (χ4v) is 10.4. The first-order valence-corrected chi connectivity index (χ1v) is 21.8. The molecule has 2 aliphatic rings. The van der Waals surface area contributed by atoms with Gasteiger partial charge >= 0.3 is 0 Å². The molecular formula is C61H42N2. The van der Waals surface area contributed by atoms with Crippen molar-refractivity contribution in [1.29, 1.82) is 0 Å². The van der Waals surface area contributed by atoms with Crippen LogP contribution < -0.4 is 9.80 Å². The molecule has 1 heterocycles. The molecule has 0 aromatic heterocycles. The predicted molar refractivity (Wildman–Crippen MR) is 263 cm³/mol. The van der Waals surface area contributed by atoms with Gasteiger partial charge < -0.3 is 9.80 Å². The molecule has 1 spiro atoms. The quantitative estimate of drug-likeness (QED) is 0.158. The van der Waals surface area contributed by atoms with E-state index in [1.54, 1.807) is 0 Å². The Labute approximate surface area is 369 Å². The van der Waals surface area contributed by atoms with Crippen LogP contribution in [0.5, 0.6) is 0 Å². The highest BCUT2D eigenvalue weighted by atomic mass is 15.2. The maximum Gasteiger partial charge on any atom is 0.0755 e. The molecule has 0 atom stereocenters. The van der Waals surface area contributed by atoms with E-state index in [4.69, 9.17) is 0 Å². The molecule has 2 nitrogen and oxygen atoms in total. The van der Waals surface area contributed by atoms with Gasteiger partial charge in [0.1, 0.15) is 0 Å². The number of benzene rings is 10. The van der Waals surface area contributed by atoms with E-state index in [0.717, 1.165) is 33.9 Å². The number of nitrogens with zero attached hydrogens (tertiary/aromatic N) is 2. The summed E-state index contributed by atoms with van der Waals surface area (Å²) in [6.45, 7) is 0. The van der Waals surface area contributed by atoms with Crippen LogP contribution in [0.4, 0.5) is 34.1 Å². The number of hydrogen-bond donors (Lipinski definition) is 0. The van der Waals surface area contributed by atoms with Crippen LogP contribution in [0.15, 0.2) is 255 Å². The lowest BCUT2D eigenvalue weighted by atomic mass is 9.64. The van der Waals surface area contributed by atoms with Gasteiger partial charge in [-0.1, -0.05) is 200 Å². The van der Waals surface area contributed by atoms with Crippen molar-refractivity contribution >= 4 is 34.1 Å². The highest BCUT2D eigenvalue weighted by Gasteiger charge is 2.52. The molecule has 12 rings (SSSR count). The van der Waals surface area contributed by atoms with Crippen molar-refractivity contribution in [2.45, 2.75) is 5.41 Å². The summed E-state index contributed by atoms with van der Waals surface area (Å²) in [5.74, 6) is 0. The van der Waals surface area contributed by atoms with E-state index >= 15 is 0 Å². The molecule has 0 fully saturated rings. The summed E-state index contributed by atoms with van der Waals surface area (Å²) in [5.41, 5.74) is 20.9. The third-order valence-corrected chi connectivity index (χ3v) is 13.1. The fraction of sp³-hybridized carbons (Fsp3) is 0.0164. The Morgan fingerprint density at radius 2 is 0.778 bits per heavy atom. The first-order chi connectivity index (χ1) is 31.3. The second kappa shape index (κ2) is 15.1. The Bertz CT molecular complexity index is 3220. The molecule has 0 radical (unpaired) electrons. The monoisotopic (exact) mass is 802 g/mol. The molecule has 1 aliphatic carbocycles. The van der Waals surface area contributed by atoms with E-state index in [-0.39, 0.29) is 0 Å². The Kier molecular flexibility index (Phi) is 8.76. The highest BCUT2D eigenvalue weighted by molar-refractivity contribution is 6.03. The Morgan fingerprint density at radius 3 is 1.41 bits per heavy atom. The molecule has 0 N–H and O–H groups in total. The lowest BCUT2D eigenvalue weighted by molar-refractivity contribution is 0.752. The summed E-state index contributed by atoms with van der Waals surface area (Å²) in [5, 5.41) is 0. The SMILES string of the molecule is c1ccc(-c2ccc(N(c3ccc(-c4ccccc4)cc3-c3ccccc3)c3cccc4c3-c3ccccc3C43c4ccccc4N(c4ccccc4)c4ccccc43)cc2)cc1. The van der Waals surface area contributed by atoms with Gasteiger partial charge in [0, 0.05) is 22.5 Å². The van der Waals surface area contributed by atoms with Crippen molar-refractivity contribution in [3.63, 3.8) is 0 Å². The summed E-state index contributed by atoms with van der Waals surface area (Å²) in [6.07, 6.45) is 0. The number of para-hydroxylation sites is 3. The summed E-state index contributed by atoms with van der Waals surface area (Å²) < 4.78 is 0. The van der Waals surface area contributed by atoms with Crippen LogP contribution in [0.3, 0.4) is 0 Å². The zero-order chi connectivity index (χ0) is 41.7. The lowest BCUT2D eigenvalue weighted by Gasteiger charge is -2.45. The van der Waals surface area contributed by atoms with Gasteiger partial charge in [0.2, 0.25) is 0 Å². The maximum atomic E-state index is 2.51. The summed E-state index contributed by atoms with van der Waals surface area (Å²) >= 11 is 0. The van der Waals surface area contributed by atoms with E-state index in [0.29, 0.717) is 0 Å². The van der Waals surface area contributed by atoms with Gasteiger partial charge in [-0.2, -0.15) is 0 Å². The van der Waals surface area contributed by atoms with Gasteiger partial charge in [0.25, 0.3) is 0 Å². The minimum absolute atomic E-state index is 0.581. The van der Waals surface area contributed by atoms with Crippen LogP contribution in [0.2, 0.25) is 0 Å². The van der Waals surface area contributed by atoms with Gasteiger partial charge in [0.05, 0.1) is 28.2 Å². The molecule has 0 bridgehead atoms. The molecule has 0 saturated heterocycles. The summed E-state index contributed by atoms with van der Waals surface area (Å²) in [6, 6.07) is 93.3. The van der Waals surface area contributed by atoms with Crippen molar-refractivity contribution in [2.24, 2.45) is 0 Å². The molecule has 1 aliphatic heterocycles. The smallest absolute Gasteiger partial charge is 0.0755 e. The van der Waals surface area contributed by atoms with Crippen LogP contribution in [0.1, 0.15) is 22.3 Å². The Balaban J connectivity index is 1.15. The van der Waals surface area contributed by atoms with Crippen LogP contribution in [-0.4, -0.2) is 0 Å². The number of rotatable bonds is 7. The minimum atomic E-state index is -0.581. The van der Waals surface area contributed by atoms with Crippen molar-refractivity contribution in [3.8, 4) is 44.5 Å². The van der Waals surface area contributed by atoms with Gasteiger partial charge in [-0.05, 0) is 110 Å². The summed E-state index contributed by atoms with van der Waals surface area (Å²) in [7, 11) is 0. The average molecular weight is 803 g/mol. The molecule has 0 saturated carbocycles. The summed E-state index contributed by atoms with van der Waals surface area (Å²) in [4.78, 5) is 4.96. The zero-order valence-corrected chi connectivity index (χ0v) is 34.6. The first-order valence-electron chi connectivity index (χ1n) is 21.8. The van der Waals surface area contributed by atoms with Gasteiger partial charge in [-0.25, -0.2) is 0 Å². The standard InChI is InChI=1S/C61H42N2/c1-5-20-43(21-6-1)45-36-39-49(40-37-45)62(56-41-38-47(44-22-7-2-8-23-44)42-51(56)46-24-9-3-10-25-46)59-35-19-32-55-60(59)50-28-13-14-29-52(50)61(55)53-30-15-17-33-57(53)63(48-26-11-4-12-27-48)58-34-18-16-31-54(58)61/h1-42H. The molecule has 0 amide bonds. The molecule has 2 heteroatoms. The second-order valence-electron chi connectivity index (χ2n) is 16.4. The van der Waals surface area contributed by atoms with E-state index < -0.39 is 5.41 Å². The Hall–Kier alpha value is -8.20. The zero-order valence-electron chi connectivity index (χ0n) is 34.6. The molecule has 10 aromatic carbocycles. The highest BCUT2D eigenvalue weighted by Crippen LogP contribution is 2.65. The second-order valence-corrected chi connectivity index (χ2v) is 16.4. The van der Waals surface area contributed by atoms with Crippen LogP contribution in [0, 0.1) is 0 Å². The number of fused-ring (bicyclic) bond motifs is 9. The fourth-order valence-electron chi connectivity index (χ4n) is 10.4. The lowest BCUT2D eigenvalue weighted by Crippen LogP contribution is -2.36. The first kappa shape index (κ1) is 36.6. The molecule has 0 unspecified atom stereocenters. The third-order valence-electron chi connectivity index (χ3n) is 13.1. The Morgan fingerprint density at radius 1 is 0.302 bits per heavy atom. The average Bonchev–Trinajstić information content (AvgIpc) is 3.67. The number of anilines is 6. The number of hydrogen-bond acceptors (Lipinski definition) is 2. The molecule has 296 valence electrons. The predicted octanol–water partition coefficient (Wildman–Crippen LogP) is 16.3. The van der Waals surface area contributed by atoms with Crippen molar-refractivity contribution in [3.05, 3.63) is 277 Å². The normalized spacial score (nSPS) is 12.9. The molecule has 10 aromatic rings. The van der Waals surface area contributed by atoms with E-state index in [2.05, 4.69) is 265 Å². The topological polar surface area (TPSA) is 6.48 Å². The van der Waals surface area contributed by atoms with Crippen LogP contribution >= 0.6 is 0 Å². The van der Waals surface area contributed by atoms with E-state index in [9.17, 15) is 0 Å². The van der Waals surface area contributed by atoms with Crippen LogP contribution in [0.25, 0.3) is 44.5 Å². The van der Waals surface area contributed by atoms with E-state index in [1.807, 2.05) is 0 Å². The van der Waals surface area contributed by atoms with Crippen molar-refractivity contribution in [1.82, 2.24) is 0 Å². The minimum Gasteiger partial charge on any atom is -0.310 e.